The van der Waals surface area contributed by atoms with E-state index in [0.29, 0.717) is 0 Å². The maximum Gasteiger partial charge on any atom is 0.136 e. The third-order valence-electron chi connectivity index (χ3n) is 1.67. The van der Waals surface area contributed by atoms with Crippen molar-refractivity contribution in [1.29, 1.82) is 0 Å². The summed E-state index contributed by atoms with van der Waals surface area (Å²) < 4.78 is 7.33. The molecule has 0 N–H and O–H groups in total. The van der Waals surface area contributed by atoms with Crippen LogP contribution in [-0.4, -0.2) is 7.11 Å². The van der Waals surface area contributed by atoms with Gasteiger partial charge in [0, 0.05) is 4.47 Å². The number of benzene rings is 1. The Bertz CT molecular complexity index is 284. The van der Waals surface area contributed by atoms with Crippen molar-refractivity contribution >= 4 is 31.9 Å². The van der Waals surface area contributed by atoms with Gasteiger partial charge in [0.25, 0.3) is 0 Å². The normalized spacial score (nSPS) is 10.0. The minimum atomic E-state index is 0.931. The summed E-state index contributed by atoms with van der Waals surface area (Å²) in [5, 5.41) is 0. The number of hydrogen-bond donors (Lipinski definition) is 0. The first-order valence-corrected chi connectivity index (χ1v) is 5.29. The molecule has 0 unspecified atom stereocenters. The number of ether oxygens (including phenoxy) is 1. The fraction of sp³-hybridized carbons (Fsp3) is 0.333. The summed E-state index contributed by atoms with van der Waals surface area (Å²) in [5.74, 6) is 0.931. The van der Waals surface area contributed by atoms with Crippen molar-refractivity contribution in [2.75, 3.05) is 7.11 Å². The highest BCUT2D eigenvalue weighted by Crippen LogP contribution is 2.32. The maximum atomic E-state index is 5.25. The second-order valence-corrected chi connectivity index (χ2v) is 4.20. The summed E-state index contributed by atoms with van der Waals surface area (Å²) in [7, 11) is 1.69. The fourth-order valence-electron chi connectivity index (χ4n) is 1.10. The highest BCUT2D eigenvalue weighted by molar-refractivity contribution is 9.11. The average Bonchev–Trinajstić information content (AvgIpc) is 2.03. The summed E-state index contributed by atoms with van der Waals surface area (Å²) >= 11 is 6.88. The predicted octanol–water partition coefficient (Wildman–Crippen LogP) is 3.78. The molecule has 0 aliphatic carbocycles. The molecule has 1 aromatic carbocycles. The van der Waals surface area contributed by atoms with Gasteiger partial charge in [-0.1, -0.05) is 22.9 Å². The van der Waals surface area contributed by atoms with Gasteiger partial charge in [0.1, 0.15) is 5.75 Å². The van der Waals surface area contributed by atoms with Crippen LogP contribution in [0.5, 0.6) is 5.75 Å². The van der Waals surface area contributed by atoms with Crippen LogP contribution in [0.2, 0.25) is 0 Å². The van der Waals surface area contributed by atoms with E-state index in [-0.39, 0.29) is 0 Å². The molecule has 0 amide bonds. The molecule has 0 heterocycles. The number of methoxy groups -OCH3 is 1. The molecular formula is C9H10Br2O. The van der Waals surface area contributed by atoms with Crippen LogP contribution in [0.25, 0.3) is 0 Å². The SMILES string of the molecule is CCc1cc(Br)cc(Br)c1OC. The average molecular weight is 294 g/mol. The number of rotatable bonds is 2. The van der Waals surface area contributed by atoms with E-state index in [9.17, 15) is 0 Å². The highest BCUT2D eigenvalue weighted by Gasteiger charge is 2.06. The van der Waals surface area contributed by atoms with Gasteiger partial charge >= 0.3 is 0 Å². The molecule has 1 aromatic rings. The van der Waals surface area contributed by atoms with Crippen molar-refractivity contribution < 1.29 is 4.74 Å². The first-order valence-electron chi connectivity index (χ1n) is 3.71. The third-order valence-corrected chi connectivity index (χ3v) is 2.72. The molecule has 3 heteroatoms. The summed E-state index contributed by atoms with van der Waals surface area (Å²) in [6, 6.07) is 4.06. The van der Waals surface area contributed by atoms with Crippen LogP contribution in [-0.2, 0) is 6.42 Å². The van der Waals surface area contributed by atoms with E-state index in [2.05, 4.69) is 44.8 Å². The summed E-state index contributed by atoms with van der Waals surface area (Å²) in [4.78, 5) is 0. The van der Waals surface area contributed by atoms with Crippen LogP contribution >= 0.6 is 31.9 Å². The van der Waals surface area contributed by atoms with Gasteiger partial charge in [0.15, 0.2) is 0 Å². The topological polar surface area (TPSA) is 9.23 Å². The van der Waals surface area contributed by atoms with Gasteiger partial charge < -0.3 is 4.74 Å². The van der Waals surface area contributed by atoms with Crippen LogP contribution in [0.4, 0.5) is 0 Å². The second kappa shape index (κ2) is 4.28. The Morgan fingerprint density at radius 3 is 2.50 bits per heavy atom. The van der Waals surface area contributed by atoms with Gasteiger partial charge in [-0.2, -0.15) is 0 Å². The molecule has 0 radical (unpaired) electrons. The van der Waals surface area contributed by atoms with Crippen molar-refractivity contribution in [1.82, 2.24) is 0 Å². The number of aryl methyl sites for hydroxylation is 1. The van der Waals surface area contributed by atoms with Gasteiger partial charge in [-0.3, -0.25) is 0 Å². The lowest BCUT2D eigenvalue weighted by Crippen LogP contribution is -1.91. The molecule has 0 bridgehead atoms. The van der Waals surface area contributed by atoms with Crippen LogP contribution in [0.3, 0.4) is 0 Å². The van der Waals surface area contributed by atoms with Gasteiger partial charge in [0.05, 0.1) is 11.6 Å². The largest absolute Gasteiger partial charge is 0.495 e. The molecule has 1 rings (SSSR count). The standard InChI is InChI=1S/C9H10Br2O/c1-3-6-4-7(10)5-8(11)9(6)12-2/h4-5H,3H2,1-2H3. The van der Waals surface area contributed by atoms with E-state index in [1.807, 2.05) is 6.07 Å². The maximum absolute atomic E-state index is 5.25. The van der Waals surface area contributed by atoms with Gasteiger partial charge in [-0.25, -0.2) is 0 Å². The van der Waals surface area contributed by atoms with E-state index >= 15 is 0 Å². The van der Waals surface area contributed by atoms with Gasteiger partial charge in [0.2, 0.25) is 0 Å². The molecular weight excluding hydrogens is 284 g/mol. The van der Waals surface area contributed by atoms with Crippen molar-refractivity contribution in [3.05, 3.63) is 26.6 Å². The minimum Gasteiger partial charge on any atom is -0.495 e. The number of halogens is 2. The first-order chi connectivity index (χ1) is 5.69. The Morgan fingerprint density at radius 2 is 2.00 bits per heavy atom. The van der Waals surface area contributed by atoms with Crippen molar-refractivity contribution in [2.45, 2.75) is 13.3 Å². The third kappa shape index (κ3) is 2.02. The smallest absolute Gasteiger partial charge is 0.136 e. The predicted molar refractivity (Wildman–Crippen MR) is 57.8 cm³/mol. The zero-order valence-corrected chi connectivity index (χ0v) is 10.2. The summed E-state index contributed by atoms with van der Waals surface area (Å²) in [6.45, 7) is 2.11. The van der Waals surface area contributed by atoms with E-state index in [0.717, 1.165) is 21.1 Å². The van der Waals surface area contributed by atoms with Gasteiger partial charge in [-0.15, -0.1) is 0 Å². The van der Waals surface area contributed by atoms with Crippen molar-refractivity contribution in [2.24, 2.45) is 0 Å². The lowest BCUT2D eigenvalue weighted by molar-refractivity contribution is 0.407. The Labute approximate surface area is 89.4 Å². The van der Waals surface area contributed by atoms with Crippen LogP contribution in [0.1, 0.15) is 12.5 Å². The molecule has 0 aliphatic rings. The lowest BCUT2D eigenvalue weighted by atomic mass is 10.1. The molecule has 0 spiro atoms. The molecule has 0 aromatic heterocycles. The molecule has 1 nitrogen and oxygen atoms in total. The molecule has 0 atom stereocenters. The zero-order valence-electron chi connectivity index (χ0n) is 7.03. The molecule has 0 saturated carbocycles. The number of hydrogen-bond acceptors (Lipinski definition) is 1. The van der Waals surface area contributed by atoms with Crippen LogP contribution in [0.15, 0.2) is 21.1 Å². The minimum absolute atomic E-state index is 0.931. The summed E-state index contributed by atoms with van der Waals surface area (Å²) in [6.07, 6.45) is 0.973. The van der Waals surface area contributed by atoms with Crippen LogP contribution < -0.4 is 4.74 Å². The summed E-state index contributed by atoms with van der Waals surface area (Å²) in [5.41, 5.74) is 1.21. The van der Waals surface area contributed by atoms with Crippen molar-refractivity contribution in [3.63, 3.8) is 0 Å². The van der Waals surface area contributed by atoms with E-state index in [4.69, 9.17) is 4.74 Å². The Morgan fingerprint density at radius 1 is 1.33 bits per heavy atom. The Balaban J connectivity index is 3.24. The van der Waals surface area contributed by atoms with E-state index in [1.54, 1.807) is 7.11 Å². The molecule has 66 valence electrons. The molecule has 0 saturated heterocycles. The van der Waals surface area contributed by atoms with E-state index in [1.165, 1.54) is 5.56 Å². The zero-order chi connectivity index (χ0) is 9.14. The monoisotopic (exact) mass is 292 g/mol. The Hall–Kier alpha value is -0.0200. The lowest BCUT2D eigenvalue weighted by Gasteiger charge is -2.09. The first kappa shape index (κ1) is 10.1. The Kier molecular flexibility index (Phi) is 3.59. The molecule has 0 fully saturated rings. The quantitative estimate of drug-likeness (QED) is 0.806. The molecule has 12 heavy (non-hydrogen) atoms. The second-order valence-electron chi connectivity index (χ2n) is 2.43. The fourth-order valence-corrected chi connectivity index (χ4v) is 2.58. The van der Waals surface area contributed by atoms with Crippen molar-refractivity contribution in [3.8, 4) is 5.75 Å². The van der Waals surface area contributed by atoms with E-state index < -0.39 is 0 Å². The highest BCUT2D eigenvalue weighted by atomic mass is 79.9. The van der Waals surface area contributed by atoms with Gasteiger partial charge in [-0.05, 0) is 40.0 Å². The molecule has 0 aliphatic heterocycles. The van der Waals surface area contributed by atoms with Crippen LogP contribution in [0, 0.1) is 0 Å².